The number of carbonyl (C=O) groups is 1. The van der Waals surface area contributed by atoms with E-state index in [0.717, 1.165) is 11.3 Å². The maximum atomic E-state index is 12.3. The number of carbonyl (C=O) groups excluding carboxylic acids is 1. The molecule has 0 aliphatic carbocycles. The van der Waals surface area contributed by atoms with Crippen LogP contribution in [0.2, 0.25) is 0 Å². The zero-order valence-electron chi connectivity index (χ0n) is 14.9. The number of amides is 1. The van der Waals surface area contributed by atoms with Crippen molar-refractivity contribution in [2.75, 3.05) is 5.32 Å². The highest BCUT2D eigenvalue weighted by Crippen LogP contribution is 2.24. The largest absolute Gasteiger partial charge is 0.457 e. The monoisotopic (exact) mass is 362 g/mol. The first kappa shape index (κ1) is 18.1. The van der Waals surface area contributed by atoms with Crippen molar-refractivity contribution in [1.82, 2.24) is 0 Å². The Morgan fingerprint density at radius 1 is 0.926 bits per heavy atom. The number of nitro benzene ring substituents is 1. The second-order valence-corrected chi connectivity index (χ2v) is 6.15. The average molecular weight is 362 g/mol. The van der Waals surface area contributed by atoms with Gasteiger partial charge in [-0.15, -0.1) is 0 Å². The van der Waals surface area contributed by atoms with Crippen LogP contribution in [0.4, 0.5) is 11.4 Å². The summed E-state index contributed by atoms with van der Waals surface area (Å²) in [6, 6.07) is 19.0. The smallest absolute Gasteiger partial charge is 0.273 e. The molecule has 0 atom stereocenters. The van der Waals surface area contributed by atoms with E-state index in [9.17, 15) is 14.9 Å². The Balaban J connectivity index is 1.69. The summed E-state index contributed by atoms with van der Waals surface area (Å²) in [6.45, 7) is 3.64. The molecule has 0 unspecified atom stereocenters. The van der Waals surface area contributed by atoms with Gasteiger partial charge in [0.25, 0.3) is 11.6 Å². The highest BCUT2D eigenvalue weighted by Gasteiger charge is 2.15. The summed E-state index contributed by atoms with van der Waals surface area (Å²) in [4.78, 5) is 22.9. The summed E-state index contributed by atoms with van der Waals surface area (Å²) in [6.07, 6.45) is 0. The van der Waals surface area contributed by atoms with E-state index in [0.29, 0.717) is 17.0 Å². The van der Waals surface area contributed by atoms with Crippen LogP contribution in [0.25, 0.3) is 0 Å². The quantitative estimate of drug-likeness (QED) is 0.496. The number of nitro groups is 1. The molecule has 0 aliphatic rings. The Hall–Kier alpha value is -3.67. The summed E-state index contributed by atoms with van der Waals surface area (Å²) in [5, 5.41) is 13.7. The van der Waals surface area contributed by atoms with E-state index in [1.54, 1.807) is 43.3 Å². The van der Waals surface area contributed by atoms with E-state index in [2.05, 4.69) is 5.32 Å². The summed E-state index contributed by atoms with van der Waals surface area (Å²) in [5.74, 6) is 0.956. The Labute approximate surface area is 156 Å². The van der Waals surface area contributed by atoms with E-state index in [-0.39, 0.29) is 11.3 Å². The Kier molecular flexibility index (Phi) is 5.17. The second kappa shape index (κ2) is 7.70. The molecule has 136 valence electrons. The van der Waals surface area contributed by atoms with Crippen LogP contribution in [0, 0.1) is 24.0 Å². The standard InChI is InChI=1S/C21H18N2O4/c1-14-3-9-18(10-4-14)27-19-11-7-17(8-12-19)22-21(24)16-6-5-15(2)20(13-16)23(25)26/h3-13H,1-2H3,(H,22,24). The molecule has 0 spiro atoms. The van der Waals surface area contributed by atoms with Gasteiger partial charge in [0, 0.05) is 22.9 Å². The number of benzene rings is 3. The summed E-state index contributed by atoms with van der Waals surface area (Å²) >= 11 is 0. The van der Waals surface area contributed by atoms with Crippen molar-refractivity contribution in [3.8, 4) is 11.5 Å². The zero-order chi connectivity index (χ0) is 19.4. The van der Waals surface area contributed by atoms with Crippen molar-refractivity contribution in [3.63, 3.8) is 0 Å². The van der Waals surface area contributed by atoms with E-state index in [1.165, 1.54) is 6.07 Å². The van der Waals surface area contributed by atoms with Gasteiger partial charge >= 0.3 is 0 Å². The molecule has 0 fully saturated rings. The fraction of sp³-hybridized carbons (Fsp3) is 0.0952. The summed E-state index contributed by atoms with van der Waals surface area (Å²) < 4.78 is 5.75. The number of hydrogen-bond acceptors (Lipinski definition) is 4. The third-order valence-electron chi connectivity index (χ3n) is 4.04. The summed E-state index contributed by atoms with van der Waals surface area (Å²) in [5.41, 5.74) is 2.38. The first-order valence-electron chi connectivity index (χ1n) is 8.33. The molecule has 0 radical (unpaired) electrons. The van der Waals surface area contributed by atoms with Crippen LogP contribution in [0.1, 0.15) is 21.5 Å². The van der Waals surface area contributed by atoms with Crippen molar-refractivity contribution in [2.45, 2.75) is 13.8 Å². The molecule has 0 saturated heterocycles. The first-order valence-corrected chi connectivity index (χ1v) is 8.33. The van der Waals surface area contributed by atoms with E-state index in [1.807, 2.05) is 31.2 Å². The van der Waals surface area contributed by atoms with Crippen LogP contribution in [-0.4, -0.2) is 10.8 Å². The van der Waals surface area contributed by atoms with Gasteiger partial charge in [-0.2, -0.15) is 0 Å². The highest BCUT2D eigenvalue weighted by molar-refractivity contribution is 6.04. The maximum absolute atomic E-state index is 12.3. The third kappa shape index (κ3) is 4.49. The number of nitrogens with one attached hydrogen (secondary N) is 1. The number of aryl methyl sites for hydroxylation is 2. The lowest BCUT2D eigenvalue weighted by atomic mass is 10.1. The predicted octanol–water partition coefficient (Wildman–Crippen LogP) is 5.26. The van der Waals surface area contributed by atoms with Gasteiger partial charge in [-0.05, 0) is 56.3 Å². The van der Waals surface area contributed by atoms with Crippen molar-refractivity contribution < 1.29 is 14.5 Å². The van der Waals surface area contributed by atoms with E-state index in [4.69, 9.17) is 4.74 Å². The Morgan fingerprint density at radius 2 is 1.52 bits per heavy atom. The SMILES string of the molecule is Cc1ccc(Oc2ccc(NC(=O)c3ccc(C)c([N+](=O)[O-])c3)cc2)cc1. The van der Waals surface area contributed by atoms with Crippen LogP contribution in [0.3, 0.4) is 0 Å². The van der Waals surface area contributed by atoms with Gasteiger partial charge in [-0.25, -0.2) is 0 Å². The van der Waals surface area contributed by atoms with E-state index < -0.39 is 10.8 Å². The van der Waals surface area contributed by atoms with Crippen molar-refractivity contribution in [1.29, 1.82) is 0 Å². The predicted molar refractivity (Wildman–Crippen MR) is 103 cm³/mol. The molecule has 0 aliphatic heterocycles. The minimum Gasteiger partial charge on any atom is -0.457 e. The van der Waals surface area contributed by atoms with Gasteiger partial charge in [0.15, 0.2) is 0 Å². The minimum atomic E-state index is -0.497. The van der Waals surface area contributed by atoms with Crippen LogP contribution >= 0.6 is 0 Å². The number of ether oxygens (including phenoxy) is 1. The maximum Gasteiger partial charge on any atom is 0.273 e. The number of hydrogen-bond donors (Lipinski definition) is 1. The molecule has 1 amide bonds. The van der Waals surface area contributed by atoms with Gasteiger partial charge in [0.05, 0.1) is 4.92 Å². The average Bonchev–Trinajstić information content (AvgIpc) is 2.65. The molecule has 3 aromatic carbocycles. The molecule has 6 heteroatoms. The van der Waals surface area contributed by atoms with Crippen LogP contribution < -0.4 is 10.1 Å². The van der Waals surface area contributed by atoms with Crippen LogP contribution in [0.5, 0.6) is 11.5 Å². The lowest BCUT2D eigenvalue weighted by Crippen LogP contribution is -2.12. The topological polar surface area (TPSA) is 81.5 Å². The number of nitrogens with zero attached hydrogens (tertiary/aromatic N) is 1. The molecule has 0 heterocycles. The highest BCUT2D eigenvalue weighted by atomic mass is 16.6. The van der Waals surface area contributed by atoms with Crippen molar-refractivity contribution in [3.05, 3.63) is 93.5 Å². The van der Waals surface area contributed by atoms with E-state index >= 15 is 0 Å². The fourth-order valence-electron chi connectivity index (χ4n) is 2.50. The second-order valence-electron chi connectivity index (χ2n) is 6.15. The lowest BCUT2D eigenvalue weighted by molar-refractivity contribution is -0.385. The fourth-order valence-corrected chi connectivity index (χ4v) is 2.50. The van der Waals surface area contributed by atoms with Gasteiger partial charge in [-0.1, -0.05) is 23.8 Å². The number of anilines is 1. The number of rotatable bonds is 5. The molecule has 0 saturated carbocycles. The molecule has 1 N–H and O–H groups in total. The third-order valence-corrected chi connectivity index (χ3v) is 4.04. The molecule has 0 bridgehead atoms. The molecule has 3 aromatic rings. The van der Waals surface area contributed by atoms with Gasteiger partial charge in [0.1, 0.15) is 11.5 Å². The van der Waals surface area contributed by atoms with Crippen molar-refractivity contribution in [2.24, 2.45) is 0 Å². The molecule has 0 aromatic heterocycles. The van der Waals surface area contributed by atoms with Gasteiger partial charge < -0.3 is 10.1 Å². The normalized spacial score (nSPS) is 10.3. The molecule has 3 rings (SSSR count). The summed E-state index contributed by atoms with van der Waals surface area (Å²) in [7, 11) is 0. The Bertz CT molecular complexity index is 980. The lowest BCUT2D eigenvalue weighted by Gasteiger charge is -2.09. The van der Waals surface area contributed by atoms with Crippen LogP contribution in [0.15, 0.2) is 66.7 Å². The van der Waals surface area contributed by atoms with Gasteiger partial charge in [0.2, 0.25) is 0 Å². The van der Waals surface area contributed by atoms with Crippen molar-refractivity contribution >= 4 is 17.3 Å². The van der Waals surface area contributed by atoms with Gasteiger partial charge in [-0.3, -0.25) is 14.9 Å². The minimum absolute atomic E-state index is 0.0792. The molecular formula is C21H18N2O4. The molecular weight excluding hydrogens is 344 g/mol. The molecule has 27 heavy (non-hydrogen) atoms. The molecule has 6 nitrogen and oxygen atoms in total. The zero-order valence-corrected chi connectivity index (χ0v) is 14.9. The first-order chi connectivity index (χ1) is 12.9. The Morgan fingerprint density at radius 3 is 2.11 bits per heavy atom. The van der Waals surface area contributed by atoms with Crippen LogP contribution in [-0.2, 0) is 0 Å².